The molecular weight excluding hydrogens is 246 g/mol. The highest BCUT2D eigenvalue weighted by Gasteiger charge is 2.15. The minimum atomic E-state index is 1.06. The number of unbranched alkanes of at least 4 members (excludes halogenated alkanes) is 2. The molecule has 0 bridgehead atoms. The largest absolute Gasteiger partial charge is 0.384 e. The zero-order chi connectivity index (χ0) is 13.8. The van der Waals surface area contributed by atoms with Gasteiger partial charge in [0, 0.05) is 24.3 Å². The molecule has 106 valence electrons. The molecule has 0 saturated heterocycles. The Bertz CT molecular complexity index is 571. The molecule has 0 atom stereocenters. The molecule has 1 N–H and O–H groups in total. The van der Waals surface area contributed by atoms with E-state index in [1.807, 2.05) is 12.5 Å². The summed E-state index contributed by atoms with van der Waals surface area (Å²) < 4.78 is 2.29. The molecule has 0 unspecified atom stereocenters. The zero-order valence-electron chi connectivity index (χ0n) is 12.2. The maximum absolute atomic E-state index is 4.36. The molecule has 0 fully saturated rings. The topological polar surface area (TPSA) is 29.9 Å². The van der Waals surface area contributed by atoms with Crippen molar-refractivity contribution in [3.63, 3.8) is 0 Å². The van der Waals surface area contributed by atoms with Gasteiger partial charge >= 0.3 is 0 Å². The standard InChI is InChI=1S/C17H23N3/c1-2-3-4-11-20-13-18-12-16(20)15-9-5-7-14-8-6-10-19-17(14)15/h5,7,9,12-13,19H,2-4,6,8,10-11H2,1H3. The van der Waals surface area contributed by atoms with Crippen LogP contribution in [0.15, 0.2) is 30.7 Å². The highest BCUT2D eigenvalue weighted by molar-refractivity contribution is 5.78. The van der Waals surface area contributed by atoms with Crippen molar-refractivity contribution in [2.45, 2.75) is 45.6 Å². The second-order valence-corrected chi connectivity index (χ2v) is 5.55. The number of fused-ring (bicyclic) bond motifs is 1. The van der Waals surface area contributed by atoms with Crippen LogP contribution in [0, 0.1) is 0 Å². The SMILES string of the molecule is CCCCCn1cncc1-c1cccc2c1NCCC2. The van der Waals surface area contributed by atoms with Gasteiger partial charge in [0.25, 0.3) is 0 Å². The monoisotopic (exact) mass is 269 g/mol. The first-order valence-corrected chi connectivity index (χ1v) is 7.76. The fraction of sp³-hybridized carbons (Fsp3) is 0.471. The van der Waals surface area contributed by atoms with Crippen LogP contribution in [-0.2, 0) is 13.0 Å². The van der Waals surface area contributed by atoms with Gasteiger partial charge < -0.3 is 9.88 Å². The lowest BCUT2D eigenvalue weighted by atomic mass is 9.98. The van der Waals surface area contributed by atoms with Gasteiger partial charge in [-0.3, -0.25) is 0 Å². The van der Waals surface area contributed by atoms with Crippen molar-refractivity contribution in [1.82, 2.24) is 9.55 Å². The lowest BCUT2D eigenvalue weighted by Gasteiger charge is -2.21. The van der Waals surface area contributed by atoms with Crippen molar-refractivity contribution in [2.24, 2.45) is 0 Å². The number of aryl methyl sites for hydroxylation is 2. The third kappa shape index (κ3) is 2.58. The second-order valence-electron chi connectivity index (χ2n) is 5.55. The molecule has 3 heteroatoms. The number of hydrogen-bond acceptors (Lipinski definition) is 2. The smallest absolute Gasteiger partial charge is 0.0950 e. The molecule has 2 aromatic rings. The number of aromatic nitrogens is 2. The highest BCUT2D eigenvalue weighted by atomic mass is 15.0. The molecule has 0 radical (unpaired) electrons. The number of benzene rings is 1. The molecule has 0 aliphatic carbocycles. The lowest BCUT2D eigenvalue weighted by Crippen LogP contribution is -2.13. The molecule has 3 rings (SSSR count). The van der Waals surface area contributed by atoms with E-state index in [0.29, 0.717) is 0 Å². The average Bonchev–Trinajstić information content (AvgIpc) is 2.95. The lowest BCUT2D eigenvalue weighted by molar-refractivity contribution is 0.605. The van der Waals surface area contributed by atoms with Crippen LogP contribution in [0.3, 0.4) is 0 Å². The van der Waals surface area contributed by atoms with Gasteiger partial charge in [0.1, 0.15) is 0 Å². The Labute approximate surface area is 121 Å². The molecular formula is C17H23N3. The molecule has 2 heterocycles. The van der Waals surface area contributed by atoms with Crippen LogP contribution in [0.25, 0.3) is 11.3 Å². The van der Waals surface area contributed by atoms with E-state index in [-0.39, 0.29) is 0 Å². The van der Waals surface area contributed by atoms with Crippen molar-refractivity contribution in [3.8, 4) is 11.3 Å². The quantitative estimate of drug-likeness (QED) is 0.828. The summed E-state index contributed by atoms with van der Waals surface area (Å²) >= 11 is 0. The number of hydrogen-bond donors (Lipinski definition) is 1. The predicted molar refractivity (Wildman–Crippen MR) is 84.0 cm³/mol. The average molecular weight is 269 g/mol. The third-order valence-electron chi connectivity index (χ3n) is 4.07. The summed E-state index contributed by atoms with van der Waals surface area (Å²) in [4.78, 5) is 4.36. The van der Waals surface area contributed by atoms with E-state index < -0.39 is 0 Å². The van der Waals surface area contributed by atoms with Gasteiger partial charge in [-0.1, -0.05) is 38.0 Å². The van der Waals surface area contributed by atoms with Gasteiger partial charge in [0.15, 0.2) is 0 Å². The van der Waals surface area contributed by atoms with Crippen LogP contribution < -0.4 is 5.32 Å². The van der Waals surface area contributed by atoms with E-state index >= 15 is 0 Å². The second kappa shape index (κ2) is 6.12. The molecule has 1 aliphatic rings. The molecule has 0 saturated carbocycles. The van der Waals surface area contributed by atoms with Gasteiger partial charge in [-0.05, 0) is 24.8 Å². The first-order chi connectivity index (χ1) is 9.90. The van der Waals surface area contributed by atoms with Gasteiger partial charge in [-0.15, -0.1) is 0 Å². The Balaban J connectivity index is 1.91. The molecule has 0 amide bonds. The van der Waals surface area contributed by atoms with Crippen molar-refractivity contribution in [2.75, 3.05) is 11.9 Å². The van der Waals surface area contributed by atoms with Gasteiger partial charge in [0.2, 0.25) is 0 Å². The Kier molecular flexibility index (Phi) is 4.05. The first-order valence-electron chi connectivity index (χ1n) is 7.76. The normalized spacial score (nSPS) is 13.8. The first kappa shape index (κ1) is 13.2. The van der Waals surface area contributed by atoms with Crippen LogP contribution >= 0.6 is 0 Å². The van der Waals surface area contributed by atoms with Crippen LogP contribution in [0.2, 0.25) is 0 Å². The number of anilines is 1. The van der Waals surface area contributed by atoms with E-state index in [1.165, 1.54) is 54.6 Å². The highest BCUT2D eigenvalue weighted by Crippen LogP contribution is 2.33. The molecule has 20 heavy (non-hydrogen) atoms. The predicted octanol–water partition coefficient (Wildman–Crippen LogP) is 4.10. The van der Waals surface area contributed by atoms with Crippen LogP contribution in [0.1, 0.15) is 38.2 Å². The number of nitrogens with one attached hydrogen (secondary N) is 1. The van der Waals surface area contributed by atoms with E-state index in [1.54, 1.807) is 0 Å². The summed E-state index contributed by atoms with van der Waals surface area (Å²) in [6.07, 6.45) is 10.1. The number of para-hydroxylation sites is 1. The number of imidazole rings is 1. The van der Waals surface area contributed by atoms with E-state index in [9.17, 15) is 0 Å². The minimum Gasteiger partial charge on any atom is -0.384 e. The summed E-state index contributed by atoms with van der Waals surface area (Å²) in [5.74, 6) is 0. The molecule has 1 aromatic heterocycles. The van der Waals surface area contributed by atoms with Gasteiger partial charge in [0.05, 0.1) is 18.2 Å². The fourth-order valence-electron chi connectivity index (χ4n) is 2.98. The molecule has 1 aliphatic heterocycles. The summed E-state index contributed by atoms with van der Waals surface area (Å²) in [5.41, 5.74) is 5.30. The molecule has 3 nitrogen and oxygen atoms in total. The fourth-order valence-corrected chi connectivity index (χ4v) is 2.98. The van der Waals surface area contributed by atoms with E-state index in [4.69, 9.17) is 0 Å². The maximum atomic E-state index is 4.36. The summed E-state index contributed by atoms with van der Waals surface area (Å²) in [6.45, 7) is 4.38. The summed E-state index contributed by atoms with van der Waals surface area (Å²) in [7, 11) is 0. The van der Waals surface area contributed by atoms with E-state index in [0.717, 1.165) is 13.1 Å². The Morgan fingerprint density at radius 1 is 1.30 bits per heavy atom. The van der Waals surface area contributed by atoms with Crippen molar-refractivity contribution < 1.29 is 0 Å². The third-order valence-corrected chi connectivity index (χ3v) is 4.07. The zero-order valence-corrected chi connectivity index (χ0v) is 12.2. The summed E-state index contributed by atoms with van der Waals surface area (Å²) in [6, 6.07) is 6.62. The van der Waals surface area contributed by atoms with Crippen molar-refractivity contribution in [1.29, 1.82) is 0 Å². The van der Waals surface area contributed by atoms with Gasteiger partial charge in [-0.2, -0.15) is 0 Å². The van der Waals surface area contributed by atoms with Crippen molar-refractivity contribution >= 4 is 5.69 Å². The number of rotatable bonds is 5. The Morgan fingerprint density at radius 3 is 3.15 bits per heavy atom. The Morgan fingerprint density at radius 2 is 2.25 bits per heavy atom. The van der Waals surface area contributed by atoms with Crippen molar-refractivity contribution in [3.05, 3.63) is 36.3 Å². The van der Waals surface area contributed by atoms with Crippen LogP contribution in [-0.4, -0.2) is 16.1 Å². The van der Waals surface area contributed by atoms with Crippen LogP contribution in [0.5, 0.6) is 0 Å². The van der Waals surface area contributed by atoms with Gasteiger partial charge in [-0.25, -0.2) is 4.98 Å². The maximum Gasteiger partial charge on any atom is 0.0950 e. The number of nitrogens with zero attached hydrogens (tertiary/aromatic N) is 2. The summed E-state index contributed by atoms with van der Waals surface area (Å²) in [5, 5.41) is 3.57. The van der Waals surface area contributed by atoms with Crippen LogP contribution in [0.4, 0.5) is 5.69 Å². The van der Waals surface area contributed by atoms with E-state index in [2.05, 4.69) is 40.0 Å². The molecule has 0 spiro atoms. The molecule has 1 aromatic carbocycles. The minimum absolute atomic E-state index is 1.06. The Hall–Kier alpha value is -1.77.